The van der Waals surface area contributed by atoms with Crippen LogP contribution in [0.5, 0.6) is 0 Å². The Morgan fingerprint density at radius 3 is 3.10 bits per heavy atom. The van der Waals surface area contributed by atoms with Crippen LogP contribution in [-0.4, -0.2) is 6.54 Å². The molecule has 0 aromatic heterocycles. The average molecular weight is 137 g/mol. The molecule has 0 aromatic rings. The third-order valence-electron chi connectivity index (χ3n) is 2.72. The third-order valence-corrected chi connectivity index (χ3v) is 2.72. The van der Waals surface area contributed by atoms with E-state index in [1.165, 1.54) is 32.2 Å². The normalized spacial score (nSPS) is 31.9. The van der Waals surface area contributed by atoms with E-state index in [1.807, 2.05) is 0 Å². The number of allylic oxidation sites excluding steroid dienone is 2. The van der Waals surface area contributed by atoms with Gasteiger partial charge in [-0.05, 0) is 31.6 Å². The highest BCUT2D eigenvalue weighted by Crippen LogP contribution is 2.34. The zero-order valence-electron chi connectivity index (χ0n) is 6.61. The Balaban J connectivity index is 2.20. The zero-order valence-corrected chi connectivity index (χ0v) is 6.61. The molecule has 0 fully saturated rings. The molecule has 0 aromatic carbocycles. The van der Waals surface area contributed by atoms with Gasteiger partial charge in [0.25, 0.3) is 0 Å². The highest BCUT2D eigenvalue weighted by atomic mass is 14.9. The smallest absolute Gasteiger partial charge is 0.0147 e. The fourth-order valence-corrected chi connectivity index (χ4v) is 2.10. The van der Waals surface area contributed by atoms with Crippen LogP contribution in [0.2, 0.25) is 0 Å². The van der Waals surface area contributed by atoms with E-state index >= 15 is 0 Å². The van der Waals surface area contributed by atoms with E-state index in [4.69, 9.17) is 0 Å². The summed E-state index contributed by atoms with van der Waals surface area (Å²) in [7, 11) is 0. The zero-order chi connectivity index (χ0) is 6.97. The average Bonchev–Trinajstić information content (AvgIpc) is 2.34. The molecule has 1 heteroatoms. The summed E-state index contributed by atoms with van der Waals surface area (Å²) in [5.74, 6) is 0.829. The fraction of sp³-hybridized carbons (Fsp3) is 0.778. The maximum atomic E-state index is 3.51. The first-order chi connectivity index (χ1) is 4.88. The second-order valence-corrected chi connectivity index (χ2v) is 3.49. The lowest BCUT2D eigenvalue weighted by atomic mass is 10.0. The first-order valence-corrected chi connectivity index (χ1v) is 4.33. The molecule has 1 atom stereocenters. The number of hydrogen-bond donors (Lipinski definition) is 1. The molecule has 1 N–H and O–H groups in total. The van der Waals surface area contributed by atoms with Crippen LogP contribution in [0.3, 0.4) is 0 Å². The van der Waals surface area contributed by atoms with Crippen LogP contribution in [0.25, 0.3) is 0 Å². The molecule has 0 bridgehead atoms. The quantitative estimate of drug-likeness (QED) is 0.539. The Morgan fingerprint density at radius 2 is 2.30 bits per heavy atom. The van der Waals surface area contributed by atoms with Gasteiger partial charge in [-0.1, -0.05) is 12.5 Å². The Morgan fingerprint density at radius 1 is 1.40 bits per heavy atom. The van der Waals surface area contributed by atoms with E-state index in [1.54, 1.807) is 11.3 Å². The molecule has 10 heavy (non-hydrogen) atoms. The van der Waals surface area contributed by atoms with Crippen LogP contribution in [0.1, 0.15) is 32.6 Å². The van der Waals surface area contributed by atoms with Gasteiger partial charge in [0.2, 0.25) is 0 Å². The number of hydrogen-bond acceptors (Lipinski definition) is 1. The van der Waals surface area contributed by atoms with E-state index < -0.39 is 0 Å². The van der Waals surface area contributed by atoms with Crippen molar-refractivity contribution < 1.29 is 0 Å². The van der Waals surface area contributed by atoms with Crippen LogP contribution in [0, 0.1) is 5.92 Å². The van der Waals surface area contributed by atoms with Crippen LogP contribution in [-0.2, 0) is 0 Å². The lowest BCUT2D eigenvalue weighted by Crippen LogP contribution is -2.22. The van der Waals surface area contributed by atoms with Gasteiger partial charge >= 0.3 is 0 Å². The summed E-state index contributed by atoms with van der Waals surface area (Å²) >= 11 is 0. The minimum absolute atomic E-state index is 0.829. The minimum atomic E-state index is 0.829. The van der Waals surface area contributed by atoms with Crippen molar-refractivity contribution in [3.05, 3.63) is 11.3 Å². The molecular weight excluding hydrogens is 122 g/mol. The van der Waals surface area contributed by atoms with Crippen molar-refractivity contribution in [3.63, 3.8) is 0 Å². The predicted molar refractivity (Wildman–Crippen MR) is 42.7 cm³/mol. The summed E-state index contributed by atoms with van der Waals surface area (Å²) in [5.41, 5.74) is 3.31. The molecule has 1 nitrogen and oxygen atoms in total. The van der Waals surface area contributed by atoms with Crippen molar-refractivity contribution >= 4 is 0 Å². The number of nitrogens with one attached hydrogen (secondary N) is 1. The van der Waals surface area contributed by atoms with E-state index in [2.05, 4.69) is 12.2 Å². The summed E-state index contributed by atoms with van der Waals surface area (Å²) < 4.78 is 0. The van der Waals surface area contributed by atoms with Gasteiger partial charge in [0.1, 0.15) is 0 Å². The molecule has 1 heterocycles. The maximum Gasteiger partial charge on any atom is 0.0147 e. The highest BCUT2D eigenvalue weighted by molar-refractivity contribution is 5.22. The van der Waals surface area contributed by atoms with Gasteiger partial charge in [-0.3, -0.25) is 0 Å². The van der Waals surface area contributed by atoms with Crippen LogP contribution < -0.4 is 5.32 Å². The molecule has 0 saturated carbocycles. The molecule has 0 spiro atoms. The lowest BCUT2D eigenvalue weighted by Gasteiger charge is -2.18. The summed E-state index contributed by atoms with van der Waals surface area (Å²) in [6.45, 7) is 3.55. The SMILES string of the molecule is CC1CCC2=C1NCCC2. The summed E-state index contributed by atoms with van der Waals surface area (Å²) in [6.07, 6.45) is 5.47. The first kappa shape index (κ1) is 6.26. The molecule has 0 amide bonds. The summed E-state index contributed by atoms with van der Waals surface area (Å²) in [4.78, 5) is 0. The molecule has 56 valence electrons. The Kier molecular flexibility index (Phi) is 1.44. The standard InChI is InChI=1S/C9H15N/c1-7-4-5-8-3-2-6-10-9(7)8/h7,10H,2-6H2,1H3. The van der Waals surface area contributed by atoms with Crippen LogP contribution in [0.4, 0.5) is 0 Å². The predicted octanol–water partition coefficient (Wildman–Crippen LogP) is 2.05. The van der Waals surface area contributed by atoms with Crippen molar-refractivity contribution in [2.24, 2.45) is 5.92 Å². The fourth-order valence-electron chi connectivity index (χ4n) is 2.10. The van der Waals surface area contributed by atoms with Crippen molar-refractivity contribution in [1.82, 2.24) is 5.32 Å². The second kappa shape index (κ2) is 2.30. The van der Waals surface area contributed by atoms with Crippen molar-refractivity contribution in [1.29, 1.82) is 0 Å². The molecule has 2 aliphatic rings. The molecule has 1 aliphatic carbocycles. The summed E-state index contributed by atoms with van der Waals surface area (Å²) in [6, 6.07) is 0. The van der Waals surface area contributed by atoms with Crippen LogP contribution in [0.15, 0.2) is 11.3 Å². The Labute approximate surface area is 62.5 Å². The molecule has 1 unspecified atom stereocenters. The van der Waals surface area contributed by atoms with E-state index in [-0.39, 0.29) is 0 Å². The van der Waals surface area contributed by atoms with Gasteiger partial charge < -0.3 is 5.32 Å². The first-order valence-electron chi connectivity index (χ1n) is 4.33. The van der Waals surface area contributed by atoms with Gasteiger partial charge in [0.05, 0.1) is 0 Å². The topological polar surface area (TPSA) is 12.0 Å². The van der Waals surface area contributed by atoms with E-state index in [0.29, 0.717) is 0 Å². The Bertz CT molecular complexity index is 170. The third kappa shape index (κ3) is 0.845. The van der Waals surface area contributed by atoms with E-state index in [0.717, 1.165) is 5.92 Å². The Hall–Kier alpha value is -0.460. The van der Waals surface area contributed by atoms with Gasteiger partial charge in [-0.15, -0.1) is 0 Å². The number of rotatable bonds is 0. The van der Waals surface area contributed by atoms with Gasteiger partial charge in [-0.2, -0.15) is 0 Å². The lowest BCUT2D eigenvalue weighted by molar-refractivity contribution is 0.592. The monoisotopic (exact) mass is 137 g/mol. The minimum Gasteiger partial charge on any atom is -0.388 e. The maximum absolute atomic E-state index is 3.51. The molecule has 0 radical (unpaired) electrons. The van der Waals surface area contributed by atoms with Crippen molar-refractivity contribution in [2.75, 3.05) is 6.54 Å². The van der Waals surface area contributed by atoms with E-state index in [9.17, 15) is 0 Å². The van der Waals surface area contributed by atoms with Crippen molar-refractivity contribution in [2.45, 2.75) is 32.6 Å². The second-order valence-electron chi connectivity index (χ2n) is 3.49. The molecular formula is C9H15N. The molecule has 2 rings (SSSR count). The largest absolute Gasteiger partial charge is 0.388 e. The van der Waals surface area contributed by atoms with Gasteiger partial charge in [-0.25, -0.2) is 0 Å². The highest BCUT2D eigenvalue weighted by Gasteiger charge is 2.23. The van der Waals surface area contributed by atoms with Gasteiger partial charge in [0, 0.05) is 12.2 Å². The van der Waals surface area contributed by atoms with Crippen molar-refractivity contribution in [3.8, 4) is 0 Å². The van der Waals surface area contributed by atoms with Gasteiger partial charge in [0.15, 0.2) is 0 Å². The molecule has 1 aliphatic heterocycles. The molecule has 0 saturated heterocycles. The van der Waals surface area contributed by atoms with Crippen LogP contribution >= 0.6 is 0 Å². The summed E-state index contributed by atoms with van der Waals surface area (Å²) in [5, 5.41) is 3.51.